The van der Waals surface area contributed by atoms with E-state index in [4.69, 9.17) is 9.84 Å². The number of carboxylic acid groups (broad SMARTS) is 1. The fraction of sp³-hybridized carbons (Fsp3) is 0.333. The van der Waals surface area contributed by atoms with Crippen LogP contribution in [0.3, 0.4) is 0 Å². The van der Waals surface area contributed by atoms with E-state index >= 15 is 0 Å². The van der Waals surface area contributed by atoms with Crippen molar-refractivity contribution in [3.05, 3.63) is 16.7 Å². The second-order valence-corrected chi connectivity index (χ2v) is 5.82. The van der Waals surface area contributed by atoms with E-state index < -0.39 is 11.9 Å². The van der Waals surface area contributed by atoms with Crippen molar-refractivity contribution >= 4 is 50.8 Å². The zero-order valence-corrected chi connectivity index (χ0v) is 13.5. The standard InChI is InChI=1S/C12H12BrN3O4S/c1-2-20-10(19)5-16-11-8(3-7(13)4-14-11)15-12(16)21-6-9(17)18/h3-4H,2,5-6H2,1H3,(H,17,18). The minimum absolute atomic E-state index is 0.0546. The molecule has 2 aromatic rings. The number of aliphatic carboxylic acids is 1. The molecule has 0 aliphatic heterocycles. The highest BCUT2D eigenvalue weighted by atomic mass is 79.9. The van der Waals surface area contributed by atoms with Gasteiger partial charge < -0.3 is 9.84 Å². The summed E-state index contributed by atoms with van der Waals surface area (Å²) >= 11 is 4.34. The predicted molar refractivity (Wildman–Crippen MR) is 80.2 cm³/mol. The molecule has 112 valence electrons. The van der Waals surface area contributed by atoms with Crippen LogP contribution in [0.5, 0.6) is 0 Å². The molecule has 1 N–H and O–H groups in total. The normalized spacial score (nSPS) is 10.8. The van der Waals surface area contributed by atoms with Crippen LogP contribution in [-0.4, -0.2) is 43.9 Å². The van der Waals surface area contributed by atoms with Crippen LogP contribution < -0.4 is 0 Å². The number of carboxylic acids is 1. The Hall–Kier alpha value is -1.61. The average molecular weight is 374 g/mol. The van der Waals surface area contributed by atoms with Gasteiger partial charge in [0.15, 0.2) is 10.8 Å². The number of esters is 1. The molecule has 2 rings (SSSR count). The number of rotatable bonds is 6. The van der Waals surface area contributed by atoms with Crippen molar-refractivity contribution in [1.82, 2.24) is 14.5 Å². The molecule has 2 heterocycles. The van der Waals surface area contributed by atoms with Gasteiger partial charge in [0.2, 0.25) is 0 Å². The Morgan fingerprint density at radius 3 is 2.95 bits per heavy atom. The Bertz CT molecular complexity index is 688. The van der Waals surface area contributed by atoms with Gasteiger partial charge in [0.1, 0.15) is 12.1 Å². The van der Waals surface area contributed by atoms with Gasteiger partial charge in [0.05, 0.1) is 12.4 Å². The third-order valence-corrected chi connectivity index (χ3v) is 3.83. The van der Waals surface area contributed by atoms with Gasteiger partial charge in [-0.25, -0.2) is 9.97 Å². The molecule has 9 heteroatoms. The molecule has 0 aliphatic carbocycles. The molecule has 0 saturated carbocycles. The number of pyridine rings is 1. The Morgan fingerprint density at radius 1 is 1.52 bits per heavy atom. The zero-order valence-electron chi connectivity index (χ0n) is 11.1. The Balaban J connectivity index is 2.39. The lowest BCUT2D eigenvalue weighted by atomic mass is 10.4. The van der Waals surface area contributed by atoms with E-state index in [1.165, 1.54) is 0 Å². The van der Waals surface area contributed by atoms with Gasteiger partial charge in [0, 0.05) is 10.7 Å². The number of carbonyl (C=O) groups is 2. The molecule has 0 radical (unpaired) electrons. The van der Waals surface area contributed by atoms with Crippen LogP contribution in [0.1, 0.15) is 6.92 Å². The summed E-state index contributed by atoms with van der Waals surface area (Å²) in [6, 6.07) is 1.76. The molecule has 0 aromatic carbocycles. The van der Waals surface area contributed by atoms with Crippen LogP contribution in [0.25, 0.3) is 11.2 Å². The van der Waals surface area contributed by atoms with E-state index in [-0.39, 0.29) is 18.9 Å². The average Bonchev–Trinajstić information content (AvgIpc) is 2.74. The summed E-state index contributed by atoms with van der Waals surface area (Å²) < 4.78 is 7.24. The first kappa shape index (κ1) is 15.8. The van der Waals surface area contributed by atoms with Crippen LogP contribution in [0.15, 0.2) is 21.9 Å². The molecule has 0 aliphatic rings. The monoisotopic (exact) mass is 373 g/mol. The van der Waals surface area contributed by atoms with Gasteiger partial charge >= 0.3 is 11.9 Å². The number of fused-ring (bicyclic) bond motifs is 1. The largest absolute Gasteiger partial charge is 0.481 e. The quantitative estimate of drug-likeness (QED) is 0.610. The van der Waals surface area contributed by atoms with E-state index in [1.807, 2.05) is 0 Å². The zero-order chi connectivity index (χ0) is 15.4. The highest BCUT2D eigenvalue weighted by Crippen LogP contribution is 2.24. The molecular weight excluding hydrogens is 362 g/mol. The topological polar surface area (TPSA) is 94.3 Å². The summed E-state index contributed by atoms with van der Waals surface area (Å²) in [5, 5.41) is 9.20. The molecule has 7 nitrogen and oxygen atoms in total. The smallest absolute Gasteiger partial charge is 0.326 e. The Kier molecular flexibility index (Phi) is 5.18. The number of hydrogen-bond acceptors (Lipinski definition) is 6. The molecule has 0 amide bonds. The van der Waals surface area contributed by atoms with Crippen molar-refractivity contribution < 1.29 is 19.4 Å². The molecular formula is C12H12BrN3O4S. The van der Waals surface area contributed by atoms with Crippen LogP contribution in [0, 0.1) is 0 Å². The van der Waals surface area contributed by atoms with E-state index in [2.05, 4.69) is 25.9 Å². The van der Waals surface area contributed by atoms with Gasteiger partial charge in [-0.2, -0.15) is 0 Å². The molecule has 0 bridgehead atoms. The number of aromatic nitrogens is 3. The maximum atomic E-state index is 11.7. The Labute approximate surface area is 132 Å². The summed E-state index contributed by atoms with van der Waals surface area (Å²) in [6.07, 6.45) is 1.59. The number of thioether (sulfide) groups is 1. The molecule has 2 aromatic heterocycles. The summed E-state index contributed by atoms with van der Waals surface area (Å²) in [5.74, 6) is -1.52. The van der Waals surface area contributed by atoms with Crippen LogP contribution in [0.4, 0.5) is 0 Å². The third kappa shape index (κ3) is 3.94. The summed E-state index contributed by atoms with van der Waals surface area (Å²) in [7, 11) is 0. The molecule has 0 atom stereocenters. The third-order valence-electron chi connectivity index (χ3n) is 2.43. The van der Waals surface area contributed by atoms with Crippen molar-refractivity contribution in [3.8, 4) is 0 Å². The van der Waals surface area contributed by atoms with Crippen molar-refractivity contribution in [2.24, 2.45) is 0 Å². The minimum Gasteiger partial charge on any atom is -0.481 e. The molecule has 0 fully saturated rings. The van der Waals surface area contributed by atoms with E-state index in [0.29, 0.717) is 16.3 Å². The maximum Gasteiger partial charge on any atom is 0.326 e. The van der Waals surface area contributed by atoms with E-state index in [0.717, 1.165) is 16.2 Å². The van der Waals surface area contributed by atoms with E-state index in [9.17, 15) is 9.59 Å². The lowest BCUT2D eigenvalue weighted by Gasteiger charge is -2.07. The lowest BCUT2D eigenvalue weighted by molar-refractivity contribution is -0.143. The SMILES string of the molecule is CCOC(=O)Cn1c(SCC(=O)O)nc2cc(Br)cnc21. The number of carbonyl (C=O) groups excluding carboxylic acids is 1. The van der Waals surface area contributed by atoms with Gasteiger partial charge in [-0.1, -0.05) is 11.8 Å². The molecule has 21 heavy (non-hydrogen) atoms. The van der Waals surface area contributed by atoms with Gasteiger partial charge in [-0.3, -0.25) is 14.2 Å². The molecule has 0 unspecified atom stereocenters. The van der Waals surface area contributed by atoms with Crippen LogP contribution in [0.2, 0.25) is 0 Å². The first-order chi connectivity index (χ1) is 10.0. The van der Waals surface area contributed by atoms with Gasteiger partial charge in [-0.15, -0.1) is 0 Å². The number of halogens is 1. The first-order valence-electron chi connectivity index (χ1n) is 6.03. The second-order valence-electron chi connectivity index (χ2n) is 3.96. The fourth-order valence-corrected chi connectivity index (χ4v) is 2.72. The minimum atomic E-state index is -0.955. The van der Waals surface area contributed by atoms with Gasteiger partial charge in [-0.05, 0) is 28.9 Å². The summed E-state index contributed by atoms with van der Waals surface area (Å²) in [6.45, 7) is 1.95. The highest BCUT2D eigenvalue weighted by Gasteiger charge is 2.17. The number of ether oxygens (including phenoxy) is 1. The molecule has 0 saturated heterocycles. The second kappa shape index (κ2) is 6.90. The fourth-order valence-electron chi connectivity index (χ4n) is 1.68. The maximum absolute atomic E-state index is 11.7. The highest BCUT2D eigenvalue weighted by molar-refractivity contribution is 9.10. The number of nitrogens with zero attached hydrogens (tertiary/aromatic N) is 3. The number of imidazole rings is 1. The van der Waals surface area contributed by atoms with Gasteiger partial charge in [0.25, 0.3) is 0 Å². The summed E-state index contributed by atoms with van der Waals surface area (Å²) in [4.78, 5) is 30.9. The Morgan fingerprint density at radius 2 is 2.29 bits per heavy atom. The predicted octanol–water partition coefficient (Wildman–Crippen LogP) is 1.93. The van der Waals surface area contributed by atoms with Crippen molar-refractivity contribution in [2.45, 2.75) is 18.6 Å². The lowest BCUT2D eigenvalue weighted by Crippen LogP contribution is -2.15. The van der Waals surface area contributed by atoms with Crippen LogP contribution in [-0.2, 0) is 20.9 Å². The summed E-state index contributed by atoms with van der Waals surface area (Å²) in [5.41, 5.74) is 1.10. The van der Waals surface area contributed by atoms with Crippen molar-refractivity contribution in [1.29, 1.82) is 0 Å². The first-order valence-corrected chi connectivity index (χ1v) is 7.81. The van der Waals surface area contributed by atoms with E-state index in [1.54, 1.807) is 23.8 Å². The van der Waals surface area contributed by atoms with Crippen molar-refractivity contribution in [2.75, 3.05) is 12.4 Å². The number of hydrogen-bond donors (Lipinski definition) is 1. The van der Waals surface area contributed by atoms with Crippen LogP contribution >= 0.6 is 27.7 Å². The van der Waals surface area contributed by atoms with Crippen molar-refractivity contribution in [3.63, 3.8) is 0 Å². The molecule has 0 spiro atoms.